The average molecular weight is 471 g/mol. The Morgan fingerprint density at radius 2 is 2.09 bits per heavy atom. The number of fused-ring (bicyclic) bond motifs is 2. The van der Waals surface area contributed by atoms with Crippen LogP contribution < -0.4 is 9.64 Å². The van der Waals surface area contributed by atoms with Crippen molar-refractivity contribution in [3.63, 3.8) is 0 Å². The molecule has 32 heavy (non-hydrogen) atoms. The minimum Gasteiger partial charge on any atom is -0.461 e. The summed E-state index contributed by atoms with van der Waals surface area (Å²) in [5.41, 5.74) is 0. The summed E-state index contributed by atoms with van der Waals surface area (Å²) in [4.78, 5) is 24.8. The van der Waals surface area contributed by atoms with Gasteiger partial charge in [-0.25, -0.2) is 0 Å². The van der Waals surface area contributed by atoms with Crippen LogP contribution in [-0.2, 0) is 24.1 Å². The van der Waals surface area contributed by atoms with E-state index >= 15 is 0 Å². The number of thiophene rings is 1. The number of ether oxygens (including phenoxy) is 1. The quantitative estimate of drug-likeness (QED) is 0.492. The van der Waals surface area contributed by atoms with E-state index in [9.17, 15) is 18.0 Å². The molecule has 1 aliphatic heterocycles. The van der Waals surface area contributed by atoms with Gasteiger partial charge in [-0.1, -0.05) is 0 Å². The van der Waals surface area contributed by atoms with E-state index in [-0.39, 0.29) is 57.8 Å². The maximum absolute atomic E-state index is 13.1. The van der Waals surface area contributed by atoms with Crippen LogP contribution in [0.1, 0.15) is 16.5 Å². The Kier molecular flexibility index (Phi) is 6.15. The van der Waals surface area contributed by atoms with Crippen molar-refractivity contribution in [1.82, 2.24) is 29.6 Å². The summed E-state index contributed by atoms with van der Waals surface area (Å²) < 4.78 is 46.1. The molecule has 0 atom stereocenters. The first-order valence-electron chi connectivity index (χ1n) is 9.75. The summed E-state index contributed by atoms with van der Waals surface area (Å²) in [7, 11) is 0. The molecule has 14 heteroatoms. The van der Waals surface area contributed by atoms with Crippen molar-refractivity contribution in [2.75, 3.05) is 37.7 Å². The molecule has 1 amide bonds. The predicted octanol–water partition coefficient (Wildman–Crippen LogP) is 1.46. The van der Waals surface area contributed by atoms with E-state index in [0.717, 1.165) is 14.8 Å². The zero-order valence-electron chi connectivity index (χ0n) is 17.0. The first-order valence-corrected chi connectivity index (χ1v) is 10.6. The molecule has 1 aliphatic rings. The summed E-state index contributed by atoms with van der Waals surface area (Å²) in [6, 6.07) is 2.03. The van der Waals surface area contributed by atoms with Gasteiger partial charge in [0.15, 0.2) is 5.82 Å². The van der Waals surface area contributed by atoms with Crippen molar-refractivity contribution in [3.8, 4) is 6.01 Å². The molecule has 1 N–H and O–H groups in total. The number of halogens is 3. The maximum Gasteiger partial charge on any atom is 0.451 e. The van der Waals surface area contributed by atoms with Gasteiger partial charge in [0.25, 0.3) is 0 Å². The van der Waals surface area contributed by atoms with E-state index in [1.807, 2.05) is 17.9 Å². The molecule has 0 unspecified atom stereocenters. The van der Waals surface area contributed by atoms with Crippen LogP contribution >= 0.6 is 11.3 Å². The number of alkyl halides is 3. The molecule has 0 saturated carbocycles. The highest BCUT2D eigenvalue weighted by molar-refractivity contribution is 7.18. The second-order valence-electron chi connectivity index (χ2n) is 7.13. The highest BCUT2D eigenvalue weighted by atomic mass is 32.1. The van der Waals surface area contributed by atoms with Crippen molar-refractivity contribution >= 4 is 33.8 Å². The van der Waals surface area contributed by atoms with Crippen LogP contribution in [0.3, 0.4) is 0 Å². The molecule has 0 bridgehead atoms. The molecule has 10 nitrogen and oxygen atoms in total. The number of hydrogen-bond donors (Lipinski definition) is 1. The molecule has 3 aromatic rings. The number of hydrogen-bond acceptors (Lipinski definition) is 9. The highest BCUT2D eigenvalue weighted by Crippen LogP contribution is 2.35. The van der Waals surface area contributed by atoms with Crippen molar-refractivity contribution in [3.05, 3.63) is 22.6 Å². The third kappa shape index (κ3) is 4.46. The molecule has 4 rings (SSSR count). The Labute approximate surface area is 184 Å². The lowest BCUT2D eigenvalue weighted by molar-refractivity contribution is -0.147. The average Bonchev–Trinajstić information content (AvgIpc) is 3.34. The zero-order chi connectivity index (χ0) is 22.9. The fourth-order valence-electron chi connectivity index (χ4n) is 3.46. The van der Waals surface area contributed by atoms with Crippen molar-refractivity contribution < 1.29 is 27.8 Å². The number of aliphatic hydroxyl groups is 1. The van der Waals surface area contributed by atoms with Gasteiger partial charge in [0.1, 0.15) is 17.3 Å². The second-order valence-corrected chi connectivity index (χ2v) is 8.36. The van der Waals surface area contributed by atoms with Gasteiger partial charge in [-0.05, 0) is 13.0 Å². The molecular weight excluding hydrogens is 451 g/mol. The fourth-order valence-corrected chi connectivity index (χ4v) is 4.33. The lowest BCUT2D eigenvalue weighted by Gasteiger charge is -2.29. The van der Waals surface area contributed by atoms with Gasteiger partial charge in [-0.3, -0.25) is 4.79 Å². The predicted molar refractivity (Wildman–Crippen MR) is 108 cm³/mol. The van der Waals surface area contributed by atoms with Crippen LogP contribution in [0.2, 0.25) is 0 Å². The number of rotatable bonds is 8. The van der Waals surface area contributed by atoms with E-state index in [4.69, 9.17) is 9.84 Å². The monoisotopic (exact) mass is 471 g/mol. The number of aliphatic hydroxyl groups excluding tert-OH is 1. The maximum atomic E-state index is 13.1. The van der Waals surface area contributed by atoms with E-state index in [1.165, 1.54) is 16.2 Å². The molecular formula is C18H20F3N7O3S. The molecule has 0 aliphatic carbocycles. The van der Waals surface area contributed by atoms with Gasteiger partial charge in [0.2, 0.25) is 12.2 Å². The van der Waals surface area contributed by atoms with Gasteiger partial charge < -0.3 is 24.2 Å². The van der Waals surface area contributed by atoms with Crippen LogP contribution in [0.15, 0.2) is 6.07 Å². The first-order chi connectivity index (χ1) is 15.3. The number of anilines is 1. The van der Waals surface area contributed by atoms with Gasteiger partial charge in [0.05, 0.1) is 25.1 Å². The van der Waals surface area contributed by atoms with Gasteiger partial charge >= 0.3 is 12.2 Å². The second kappa shape index (κ2) is 8.86. The number of nitrogens with zero attached hydrogens (tertiary/aromatic N) is 7. The third-order valence-electron chi connectivity index (χ3n) is 4.93. The summed E-state index contributed by atoms with van der Waals surface area (Å²) in [5, 5.41) is 16.8. The van der Waals surface area contributed by atoms with Gasteiger partial charge in [0, 0.05) is 24.5 Å². The van der Waals surface area contributed by atoms with Crippen molar-refractivity contribution in [2.24, 2.45) is 0 Å². The minimum absolute atomic E-state index is 0.0669. The van der Waals surface area contributed by atoms with E-state index in [2.05, 4.69) is 20.2 Å². The van der Waals surface area contributed by atoms with Gasteiger partial charge in [-0.2, -0.15) is 23.1 Å². The van der Waals surface area contributed by atoms with E-state index in [1.54, 1.807) is 0 Å². The Morgan fingerprint density at radius 1 is 1.28 bits per heavy atom. The largest absolute Gasteiger partial charge is 0.461 e. The molecule has 0 spiro atoms. The van der Waals surface area contributed by atoms with Crippen molar-refractivity contribution in [2.45, 2.75) is 26.2 Å². The Bertz CT molecular complexity index is 1120. The molecule has 0 saturated heterocycles. The Morgan fingerprint density at radius 3 is 2.81 bits per heavy atom. The lowest BCUT2D eigenvalue weighted by Crippen LogP contribution is -2.36. The number of carbonyl (C=O) groups is 1. The highest BCUT2D eigenvalue weighted by Gasteiger charge is 2.39. The SMILES string of the molecule is Cc1cc2c(N3CCn4c(nnc4C(F)(F)F)C3)nc(OCCN(C=O)CCO)nc2s1. The smallest absolute Gasteiger partial charge is 0.451 e. The molecule has 0 fully saturated rings. The van der Waals surface area contributed by atoms with Crippen LogP contribution in [0.25, 0.3) is 10.2 Å². The number of aromatic nitrogens is 5. The normalized spacial score (nSPS) is 14.0. The van der Waals surface area contributed by atoms with Crippen LogP contribution in [-0.4, -0.2) is 74.0 Å². The molecule has 0 radical (unpaired) electrons. The Hall–Kier alpha value is -3.00. The summed E-state index contributed by atoms with van der Waals surface area (Å²) in [5.74, 6) is -0.256. The minimum atomic E-state index is -4.56. The van der Waals surface area contributed by atoms with E-state index in [0.29, 0.717) is 17.1 Å². The van der Waals surface area contributed by atoms with Crippen LogP contribution in [0.4, 0.5) is 19.0 Å². The first kappa shape index (κ1) is 22.2. The number of aryl methyl sites for hydroxylation is 1. The third-order valence-corrected chi connectivity index (χ3v) is 5.87. The van der Waals surface area contributed by atoms with Crippen molar-refractivity contribution in [1.29, 1.82) is 0 Å². The molecule has 4 heterocycles. The standard InChI is InChI=1S/C18H20F3N7O3S/c1-11-8-12-14(27-2-3-28-13(9-27)24-25-16(28)18(19,20)21)22-17(23-15(12)32-11)31-7-5-26(10-30)4-6-29/h8,10,29H,2-7,9H2,1H3. The van der Waals surface area contributed by atoms with Crippen LogP contribution in [0.5, 0.6) is 6.01 Å². The van der Waals surface area contributed by atoms with Crippen LogP contribution in [0, 0.1) is 6.92 Å². The Balaban J connectivity index is 1.58. The molecule has 0 aromatic carbocycles. The molecule has 172 valence electrons. The summed E-state index contributed by atoms with van der Waals surface area (Å²) in [6.07, 6.45) is -3.94. The van der Waals surface area contributed by atoms with E-state index < -0.39 is 12.0 Å². The van der Waals surface area contributed by atoms with Gasteiger partial charge in [-0.15, -0.1) is 21.5 Å². The summed E-state index contributed by atoms with van der Waals surface area (Å²) >= 11 is 1.45. The number of amides is 1. The number of carbonyl (C=O) groups excluding carboxylic acids is 1. The summed E-state index contributed by atoms with van der Waals surface area (Å²) in [6.45, 7) is 2.79. The zero-order valence-corrected chi connectivity index (χ0v) is 17.9. The topological polar surface area (TPSA) is 110 Å². The lowest BCUT2D eigenvalue weighted by atomic mass is 10.3. The molecule has 3 aromatic heterocycles. The fraction of sp³-hybridized carbons (Fsp3) is 0.500.